The minimum absolute atomic E-state index is 0.783. The fourth-order valence-corrected chi connectivity index (χ4v) is 1.45. The predicted octanol–water partition coefficient (Wildman–Crippen LogP) is 1.30. The summed E-state index contributed by atoms with van der Waals surface area (Å²) in [6, 6.07) is 1.91. The normalized spacial score (nSPS) is 15.2. The van der Waals surface area contributed by atoms with Gasteiger partial charge in [0.2, 0.25) is 0 Å². The molecule has 0 aliphatic carbocycles. The molecule has 0 radical (unpaired) electrons. The van der Waals surface area contributed by atoms with Crippen LogP contribution in [0.3, 0.4) is 0 Å². The van der Waals surface area contributed by atoms with Gasteiger partial charge in [-0.3, -0.25) is 4.98 Å². The second kappa shape index (κ2) is 3.01. The van der Waals surface area contributed by atoms with Crippen molar-refractivity contribution in [2.75, 3.05) is 24.6 Å². The van der Waals surface area contributed by atoms with Crippen LogP contribution in [0.2, 0.25) is 0 Å². The lowest BCUT2D eigenvalue weighted by Gasteiger charge is -2.29. The summed E-state index contributed by atoms with van der Waals surface area (Å²) in [5.41, 5.74) is 1.12. The zero-order valence-corrected chi connectivity index (χ0v) is 7.16. The van der Waals surface area contributed by atoms with Crippen LogP contribution in [0.5, 0.6) is 5.75 Å². The number of hydrogen-bond donors (Lipinski definition) is 0. The molecule has 1 aromatic rings. The van der Waals surface area contributed by atoms with Gasteiger partial charge < -0.3 is 9.64 Å². The van der Waals surface area contributed by atoms with Crippen LogP contribution < -0.4 is 9.64 Å². The topological polar surface area (TPSA) is 25.4 Å². The van der Waals surface area contributed by atoms with E-state index in [4.69, 9.17) is 4.74 Å². The number of hydrogen-bond acceptors (Lipinski definition) is 3. The van der Waals surface area contributed by atoms with Gasteiger partial charge in [0, 0.05) is 18.8 Å². The maximum Gasteiger partial charge on any atom is 0.145 e. The second-order valence-electron chi connectivity index (χ2n) is 2.77. The molecule has 64 valence electrons. The van der Waals surface area contributed by atoms with Crippen molar-refractivity contribution in [3.63, 3.8) is 0 Å². The van der Waals surface area contributed by atoms with Crippen LogP contribution in [0, 0.1) is 0 Å². The zero-order chi connectivity index (χ0) is 8.39. The lowest BCUT2D eigenvalue weighted by Crippen LogP contribution is -2.32. The van der Waals surface area contributed by atoms with E-state index in [1.54, 1.807) is 6.20 Å². The minimum atomic E-state index is 0.783. The van der Waals surface area contributed by atoms with Crippen molar-refractivity contribution >= 4 is 5.69 Å². The average Bonchev–Trinajstić information content (AvgIpc) is 2.17. The van der Waals surface area contributed by atoms with Crippen molar-refractivity contribution < 1.29 is 4.74 Å². The van der Waals surface area contributed by atoms with Crippen molar-refractivity contribution in [1.82, 2.24) is 4.98 Å². The monoisotopic (exact) mass is 164 g/mol. The van der Waals surface area contributed by atoms with E-state index >= 15 is 0 Å². The average molecular weight is 164 g/mol. The van der Waals surface area contributed by atoms with Crippen LogP contribution in [0.4, 0.5) is 5.69 Å². The molecular weight excluding hydrogens is 152 g/mol. The third-order valence-electron chi connectivity index (χ3n) is 2.10. The van der Waals surface area contributed by atoms with Gasteiger partial charge in [-0.1, -0.05) is 0 Å². The molecule has 0 amide bonds. The highest BCUT2D eigenvalue weighted by molar-refractivity contribution is 5.57. The van der Waals surface area contributed by atoms with Crippen LogP contribution in [-0.2, 0) is 0 Å². The second-order valence-corrected chi connectivity index (χ2v) is 2.77. The molecular formula is C9H12N2O. The molecule has 0 bridgehead atoms. The number of aromatic nitrogens is 1. The standard InChI is InChI=1S/C9H12N2O/c1-2-11-5-6-12-9-3-4-10-7-8(9)11/h3-4,7H,2,5-6H2,1H3. The fraction of sp³-hybridized carbons (Fsp3) is 0.444. The summed E-state index contributed by atoms with van der Waals surface area (Å²) < 4.78 is 5.47. The summed E-state index contributed by atoms with van der Waals surface area (Å²) in [5, 5.41) is 0. The van der Waals surface area contributed by atoms with E-state index in [-0.39, 0.29) is 0 Å². The van der Waals surface area contributed by atoms with Crippen molar-refractivity contribution in [3.05, 3.63) is 18.5 Å². The fourth-order valence-electron chi connectivity index (χ4n) is 1.45. The molecule has 0 saturated carbocycles. The van der Waals surface area contributed by atoms with Gasteiger partial charge in [0.1, 0.15) is 12.4 Å². The van der Waals surface area contributed by atoms with Crippen molar-refractivity contribution in [1.29, 1.82) is 0 Å². The minimum Gasteiger partial charge on any atom is -0.489 e. The molecule has 0 spiro atoms. The third-order valence-corrected chi connectivity index (χ3v) is 2.10. The van der Waals surface area contributed by atoms with Crippen LogP contribution in [-0.4, -0.2) is 24.7 Å². The molecule has 0 fully saturated rings. The molecule has 0 N–H and O–H groups in total. The molecule has 1 aliphatic rings. The Balaban J connectivity index is 2.37. The molecule has 0 atom stereocenters. The zero-order valence-electron chi connectivity index (χ0n) is 7.16. The number of fused-ring (bicyclic) bond motifs is 1. The lowest BCUT2D eigenvalue weighted by molar-refractivity contribution is 0.308. The Morgan fingerprint density at radius 3 is 3.42 bits per heavy atom. The Labute approximate surface area is 72.0 Å². The first-order chi connectivity index (χ1) is 5.92. The van der Waals surface area contributed by atoms with Crippen molar-refractivity contribution in [2.24, 2.45) is 0 Å². The third kappa shape index (κ3) is 1.11. The molecule has 1 aliphatic heterocycles. The quantitative estimate of drug-likeness (QED) is 0.625. The maximum absolute atomic E-state index is 5.47. The highest BCUT2D eigenvalue weighted by Crippen LogP contribution is 2.29. The smallest absolute Gasteiger partial charge is 0.145 e. The summed E-state index contributed by atoms with van der Waals surface area (Å²) in [7, 11) is 0. The first kappa shape index (κ1) is 7.40. The molecule has 3 nitrogen and oxygen atoms in total. The molecule has 1 aromatic heterocycles. The van der Waals surface area contributed by atoms with E-state index in [2.05, 4.69) is 16.8 Å². The summed E-state index contributed by atoms with van der Waals surface area (Å²) in [4.78, 5) is 6.34. The largest absolute Gasteiger partial charge is 0.489 e. The summed E-state index contributed by atoms with van der Waals surface area (Å²) in [5.74, 6) is 0.957. The van der Waals surface area contributed by atoms with E-state index in [0.717, 1.165) is 31.1 Å². The Morgan fingerprint density at radius 1 is 1.67 bits per heavy atom. The van der Waals surface area contributed by atoms with Gasteiger partial charge in [-0.15, -0.1) is 0 Å². The number of pyridine rings is 1. The van der Waals surface area contributed by atoms with Crippen LogP contribution in [0.1, 0.15) is 6.92 Å². The Morgan fingerprint density at radius 2 is 2.58 bits per heavy atom. The molecule has 2 rings (SSSR count). The first-order valence-electron chi connectivity index (χ1n) is 4.23. The number of nitrogens with zero attached hydrogens (tertiary/aromatic N) is 2. The van der Waals surface area contributed by atoms with E-state index < -0.39 is 0 Å². The molecule has 3 heteroatoms. The number of anilines is 1. The predicted molar refractivity (Wildman–Crippen MR) is 47.6 cm³/mol. The van der Waals surface area contributed by atoms with Crippen molar-refractivity contribution in [3.8, 4) is 5.75 Å². The number of ether oxygens (including phenoxy) is 1. The molecule has 0 unspecified atom stereocenters. The lowest BCUT2D eigenvalue weighted by atomic mass is 10.3. The molecule has 0 saturated heterocycles. The van der Waals surface area contributed by atoms with Crippen LogP contribution in [0.15, 0.2) is 18.5 Å². The first-order valence-corrected chi connectivity index (χ1v) is 4.23. The SMILES string of the molecule is CCN1CCOc2ccncc21. The van der Waals surface area contributed by atoms with Gasteiger partial charge in [-0.2, -0.15) is 0 Å². The maximum atomic E-state index is 5.47. The Hall–Kier alpha value is -1.25. The van der Waals surface area contributed by atoms with Crippen molar-refractivity contribution in [2.45, 2.75) is 6.92 Å². The summed E-state index contributed by atoms with van der Waals surface area (Å²) in [6.45, 7) is 4.91. The van der Waals surface area contributed by atoms with E-state index in [1.807, 2.05) is 12.3 Å². The van der Waals surface area contributed by atoms with Crippen LogP contribution in [0.25, 0.3) is 0 Å². The van der Waals surface area contributed by atoms with Gasteiger partial charge in [0.05, 0.1) is 18.4 Å². The molecule has 12 heavy (non-hydrogen) atoms. The number of likely N-dealkylation sites (N-methyl/N-ethyl adjacent to an activating group) is 1. The van der Waals surface area contributed by atoms with E-state index in [0.29, 0.717) is 0 Å². The van der Waals surface area contributed by atoms with Gasteiger partial charge in [-0.25, -0.2) is 0 Å². The van der Waals surface area contributed by atoms with Gasteiger partial charge in [0.15, 0.2) is 0 Å². The highest BCUT2D eigenvalue weighted by Gasteiger charge is 2.15. The highest BCUT2D eigenvalue weighted by atomic mass is 16.5. The summed E-state index contributed by atoms with van der Waals surface area (Å²) in [6.07, 6.45) is 3.62. The Kier molecular flexibility index (Phi) is 1.86. The van der Waals surface area contributed by atoms with Crippen LogP contribution >= 0.6 is 0 Å². The molecule has 0 aromatic carbocycles. The van der Waals surface area contributed by atoms with E-state index in [1.165, 1.54) is 0 Å². The van der Waals surface area contributed by atoms with E-state index in [9.17, 15) is 0 Å². The summed E-state index contributed by atoms with van der Waals surface area (Å²) >= 11 is 0. The van der Waals surface area contributed by atoms with Gasteiger partial charge >= 0.3 is 0 Å². The number of rotatable bonds is 1. The Bertz CT molecular complexity index is 275. The van der Waals surface area contributed by atoms with Gasteiger partial charge in [-0.05, 0) is 6.92 Å². The molecule has 2 heterocycles. The van der Waals surface area contributed by atoms with Gasteiger partial charge in [0.25, 0.3) is 0 Å².